The van der Waals surface area contributed by atoms with Gasteiger partial charge in [-0.2, -0.15) is 0 Å². The average Bonchev–Trinajstić information content (AvgIpc) is 2.38. The zero-order valence-corrected chi connectivity index (χ0v) is 9.75. The van der Waals surface area contributed by atoms with Crippen molar-refractivity contribution in [1.82, 2.24) is 4.98 Å². The Labute approximate surface area is 104 Å². The number of carboxylic acid groups (broad SMARTS) is 1. The van der Waals surface area contributed by atoms with Crippen LogP contribution >= 0.6 is 0 Å². The molecule has 1 aromatic carbocycles. The highest BCUT2D eigenvalue weighted by Gasteiger charge is 2.10. The highest BCUT2D eigenvalue weighted by molar-refractivity contribution is 5.94. The van der Waals surface area contributed by atoms with Gasteiger partial charge >= 0.3 is 5.97 Å². The summed E-state index contributed by atoms with van der Waals surface area (Å²) in [7, 11) is 0. The van der Waals surface area contributed by atoms with Crippen molar-refractivity contribution in [2.24, 2.45) is 0 Å². The summed E-state index contributed by atoms with van der Waals surface area (Å²) in [5.74, 6) is -1.05. The summed E-state index contributed by atoms with van der Waals surface area (Å²) in [6.07, 6.45) is 4.01. The Hall–Kier alpha value is -2.49. The molecule has 0 aliphatic carbocycles. The van der Waals surface area contributed by atoms with Crippen molar-refractivity contribution in [1.29, 1.82) is 0 Å². The van der Waals surface area contributed by atoms with Crippen LogP contribution in [0.4, 0.5) is 0 Å². The third kappa shape index (κ3) is 2.13. The van der Waals surface area contributed by atoms with E-state index in [9.17, 15) is 9.59 Å². The number of aromatic nitrogens is 1. The summed E-state index contributed by atoms with van der Waals surface area (Å²) in [6, 6.07) is 6.32. The lowest BCUT2D eigenvalue weighted by Crippen LogP contribution is -1.99. The third-order valence-corrected chi connectivity index (χ3v) is 2.74. The first-order valence-corrected chi connectivity index (χ1v) is 5.37. The van der Waals surface area contributed by atoms with Crippen molar-refractivity contribution in [2.45, 2.75) is 6.92 Å². The van der Waals surface area contributed by atoms with Gasteiger partial charge in [-0.25, -0.2) is 4.79 Å². The molecule has 1 heterocycles. The minimum absolute atomic E-state index is 0.104. The van der Waals surface area contributed by atoms with Gasteiger partial charge in [0.2, 0.25) is 0 Å². The van der Waals surface area contributed by atoms with E-state index in [4.69, 9.17) is 5.11 Å². The second-order valence-electron chi connectivity index (χ2n) is 3.92. The molecule has 0 amide bonds. The lowest BCUT2D eigenvalue weighted by atomic mass is 9.96. The molecular formula is C14H11NO3. The van der Waals surface area contributed by atoms with Crippen LogP contribution in [0.15, 0.2) is 36.7 Å². The number of aryl methyl sites for hydroxylation is 1. The van der Waals surface area contributed by atoms with E-state index in [-0.39, 0.29) is 5.56 Å². The lowest BCUT2D eigenvalue weighted by Gasteiger charge is -2.08. The van der Waals surface area contributed by atoms with Crippen LogP contribution in [-0.4, -0.2) is 22.3 Å². The first kappa shape index (κ1) is 12.0. The van der Waals surface area contributed by atoms with Gasteiger partial charge in [-0.15, -0.1) is 0 Å². The van der Waals surface area contributed by atoms with Gasteiger partial charge < -0.3 is 5.11 Å². The number of carbonyl (C=O) groups is 2. The lowest BCUT2D eigenvalue weighted by molar-refractivity contribution is 0.0697. The van der Waals surface area contributed by atoms with Crippen LogP contribution < -0.4 is 0 Å². The monoisotopic (exact) mass is 241 g/mol. The summed E-state index contributed by atoms with van der Waals surface area (Å²) < 4.78 is 0. The van der Waals surface area contributed by atoms with E-state index in [1.165, 1.54) is 12.1 Å². The molecule has 1 aromatic heterocycles. The summed E-state index contributed by atoms with van der Waals surface area (Å²) in [5, 5.41) is 8.89. The number of carboxylic acids is 1. The topological polar surface area (TPSA) is 67.3 Å². The second-order valence-corrected chi connectivity index (χ2v) is 3.92. The molecule has 0 atom stereocenters. The fraction of sp³-hybridized carbons (Fsp3) is 0.0714. The van der Waals surface area contributed by atoms with Crippen molar-refractivity contribution >= 4 is 12.3 Å². The fourth-order valence-corrected chi connectivity index (χ4v) is 1.81. The van der Waals surface area contributed by atoms with Gasteiger partial charge in [0.25, 0.3) is 0 Å². The molecular weight excluding hydrogens is 230 g/mol. The normalized spacial score (nSPS) is 10.1. The SMILES string of the molecule is Cc1cnccc1-c1ccc(C(=O)O)cc1C=O. The van der Waals surface area contributed by atoms with Crippen LogP contribution in [0.5, 0.6) is 0 Å². The molecule has 4 heteroatoms. The van der Waals surface area contributed by atoms with Crippen LogP contribution in [0, 0.1) is 6.92 Å². The number of carbonyl (C=O) groups excluding carboxylic acids is 1. The number of pyridine rings is 1. The van der Waals surface area contributed by atoms with Gasteiger partial charge in [-0.1, -0.05) is 6.07 Å². The van der Waals surface area contributed by atoms with Crippen LogP contribution in [0.3, 0.4) is 0 Å². The predicted octanol–water partition coefficient (Wildman–Crippen LogP) is 2.57. The van der Waals surface area contributed by atoms with Crippen molar-refractivity contribution in [3.8, 4) is 11.1 Å². The van der Waals surface area contributed by atoms with Gasteiger partial charge in [-0.3, -0.25) is 9.78 Å². The standard InChI is InChI=1S/C14H11NO3/c1-9-7-15-5-4-12(9)13-3-2-10(14(17)18)6-11(13)8-16/h2-8H,1H3,(H,17,18). The molecule has 0 saturated carbocycles. The molecule has 4 nitrogen and oxygen atoms in total. The van der Waals surface area contributed by atoms with E-state index >= 15 is 0 Å². The Morgan fingerprint density at radius 3 is 2.67 bits per heavy atom. The van der Waals surface area contributed by atoms with Gasteiger partial charge in [0.15, 0.2) is 6.29 Å². The summed E-state index contributed by atoms with van der Waals surface area (Å²) >= 11 is 0. The second kappa shape index (κ2) is 4.79. The minimum atomic E-state index is -1.05. The van der Waals surface area contributed by atoms with Crippen LogP contribution in [0.2, 0.25) is 0 Å². The van der Waals surface area contributed by atoms with E-state index in [1.54, 1.807) is 24.5 Å². The summed E-state index contributed by atoms with van der Waals surface area (Å²) in [4.78, 5) is 25.9. The number of hydrogen-bond donors (Lipinski definition) is 1. The van der Waals surface area contributed by atoms with Gasteiger partial charge in [-0.05, 0) is 41.8 Å². The van der Waals surface area contributed by atoms with Crippen LogP contribution in [0.1, 0.15) is 26.3 Å². The van der Waals surface area contributed by atoms with Crippen molar-refractivity contribution in [3.63, 3.8) is 0 Å². The molecule has 0 saturated heterocycles. The first-order chi connectivity index (χ1) is 8.63. The Bertz CT molecular complexity index is 620. The molecule has 0 radical (unpaired) electrons. The van der Waals surface area contributed by atoms with E-state index in [2.05, 4.69) is 4.98 Å². The van der Waals surface area contributed by atoms with E-state index < -0.39 is 5.97 Å². The highest BCUT2D eigenvalue weighted by Crippen LogP contribution is 2.26. The number of nitrogens with zero attached hydrogens (tertiary/aromatic N) is 1. The molecule has 18 heavy (non-hydrogen) atoms. The smallest absolute Gasteiger partial charge is 0.335 e. The number of aldehydes is 1. The first-order valence-electron chi connectivity index (χ1n) is 5.37. The summed E-state index contributed by atoms with van der Waals surface area (Å²) in [6.45, 7) is 1.89. The van der Waals surface area contributed by atoms with Crippen LogP contribution in [-0.2, 0) is 0 Å². The molecule has 1 N–H and O–H groups in total. The molecule has 0 aliphatic heterocycles. The molecule has 0 bridgehead atoms. The molecule has 0 spiro atoms. The molecule has 90 valence electrons. The fourth-order valence-electron chi connectivity index (χ4n) is 1.81. The maximum Gasteiger partial charge on any atom is 0.335 e. The third-order valence-electron chi connectivity index (χ3n) is 2.74. The number of aromatic carboxylic acids is 1. The average molecular weight is 241 g/mol. The molecule has 2 aromatic rings. The minimum Gasteiger partial charge on any atom is -0.478 e. The molecule has 0 unspecified atom stereocenters. The number of benzene rings is 1. The number of rotatable bonds is 3. The highest BCUT2D eigenvalue weighted by atomic mass is 16.4. The zero-order chi connectivity index (χ0) is 13.1. The van der Waals surface area contributed by atoms with E-state index in [0.717, 1.165) is 16.7 Å². The van der Waals surface area contributed by atoms with Gasteiger partial charge in [0, 0.05) is 18.0 Å². The predicted molar refractivity (Wildman–Crippen MR) is 66.8 cm³/mol. The zero-order valence-electron chi connectivity index (χ0n) is 9.75. The maximum absolute atomic E-state index is 11.1. The van der Waals surface area contributed by atoms with Crippen LogP contribution in [0.25, 0.3) is 11.1 Å². The van der Waals surface area contributed by atoms with Crippen molar-refractivity contribution < 1.29 is 14.7 Å². The van der Waals surface area contributed by atoms with Crippen molar-refractivity contribution in [3.05, 3.63) is 53.3 Å². The Kier molecular flexibility index (Phi) is 3.19. The summed E-state index contributed by atoms with van der Waals surface area (Å²) in [5.41, 5.74) is 3.00. The largest absolute Gasteiger partial charge is 0.478 e. The Morgan fingerprint density at radius 2 is 2.06 bits per heavy atom. The van der Waals surface area contributed by atoms with E-state index in [1.807, 2.05) is 6.92 Å². The quantitative estimate of drug-likeness (QED) is 0.838. The number of hydrogen-bond acceptors (Lipinski definition) is 3. The van der Waals surface area contributed by atoms with E-state index in [0.29, 0.717) is 11.8 Å². The van der Waals surface area contributed by atoms with Gasteiger partial charge in [0.05, 0.1) is 5.56 Å². The molecule has 0 fully saturated rings. The van der Waals surface area contributed by atoms with Crippen molar-refractivity contribution in [2.75, 3.05) is 0 Å². The Morgan fingerprint density at radius 1 is 1.28 bits per heavy atom. The molecule has 0 aliphatic rings. The molecule has 2 rings (SSSR count). The Balaban J connectivity index is 2.62. The maximum atomic E-state index is 11.1. The van der Waals surface area contributed by atoms with Gasteiger partial charge in [0.1, 0.15) is 0 Å².